The summed E-state index contributed by atoms with van der Waals surface area (Å²) in [5, 5.41) is 0. The molecule has 0 N–H and O–H groups in total. The highest BCUT2D eigenvalue weighted by Gasteiger charge is 2.32. The van der Waals surface area contributed by atoms with Gasteiger partial charge in [0.15, 0.2) is 0 Å². The molecule has 2 rings (SSSR count). The monoisotopic (exact) mass is 323 g/mol. The van der Waals surface area contributed by atoms with Crippen LogP contribution in [-0.4, -0.2) is 40.7 Å². The van der Waals surface area contributed by atoms with Gasteiger partial charge in [-0.2, -0.15) is 0 Å². The number of carbonyl (C=O) groups excluding carboxylic acids is 2. The van der Waals surface area contributed by atoms with E-state index in [4.69, 9.17) is 7.58 Å². The third-order valence-electron chi connectivity index (χ3n) is 5.44. The van der Waals surface area contributed by atoms with E-state index in [2.05, 4.69) is 13.8 Å². The summed E-state index contributed by atoms with van der Waals surface area (Å²) >= 11 is -0.594. The predicted molar refractivity (Wildman–Crippen MR) is 85.3 cm³/mol. The van der Waals surface area contributed by atoms with Gasteiger partial charge in [-0.05, 0) is 50.4 Å². The van der Waals surface area contributed by atoms with Crippen LogP contribution >= 0.6 is 0 Å². The first kappa shape index (κ1) is 18.1. The highest BCUT2D eigenvalue weighted by Crippen LogP contribution is 2.33. The van der Waals surface area contributed by atoms with Crippen LogP contribution in [0.4, 0.5) is 0 Å². The maximum absolute atomic E-state index is 11.3. The van der Waals surface area contributed by atoms with Crippen molar-refractivity contribution in [2.75, 3.05) is 0 Å². The van der Waals surface area contributed by atoms with Crippen LogP contribution in [0.2, 0.25) is 0 Å². The topological polar surface area (TPSA) is 52.6 Å². The van der Waals surface area contributed by atoms with E-state index in [9.17, 15) is 9.59 Å². The average molecular weight is 323 g/mol. The van der Waals surface area contributed by atoms with E-state index in [1.165, 1.54) is 0 Å². The van der Waals surface area contributed by atoms with Crippen LogP contribution in [0.15, 0.2) is 0 Å². The lowest BCUT2D eigenvalue weighted by Gasteiger charge is -2.35. The smallest absolute Gasteiger partial charge is 0.481 e. The molecule has 0 heterocycles. The molecule has 6 unspecified atom stereocenters. The van der Waals surface area contributed by atoms with Crippen molar-refractivity contribution in [3.8, 4) is 0 Å². The lowest BCUT2D eigenvalue weighted by molar-refractivity contribution is -0.116. The summed E-state index contributed by atoms with van der Waals surface area (Å²) in [6, 6.07) is 0. The Hall–Kier alpha value is -0.208. The third kappa shape index (κ3) is 4.89. The standard InChI is InChI=1S/C9H15O2.C8H13O2.Al/c1-2-7-3-4-9(11)8(5-7)6-10;1-6-2-3-7(5-9)8(10)4-6;/h6-9H,2-5H2,1H3;5-8H,2-4H2,1H3;/q2*-1;+2. The van der Waals surface area contributed by atoms with E-state index in [1.54, 1.807) is 0 Å². The van der Waals surface area contributed by atoms with Crippen LogP contribution in [0.3, 0.4) is 0 Å². The minimum Gasteiger partial charge on any atom is -0.481 e. The van der Waals surface area contributed by atoms with Gasteiger partial charge in [0.2, 0.25) is 0 Å². The minimum absolute atomic E-state index is 0.0120. The summed E-state index contributed by atoms with van der Waals surface area (Å²) in [6.07, 6.45) is 9.28. The highest BCUT2D eigenvalue weighted by molar-refractivity contribution is 6.18. The molecule has 0 spiro atoms. The minimum atomic E-state index is -0.594. The van der Waals surface area contributed by atoms with Gasteiger partial charge in [0, 0.05) is 24.0 Å². The summed E-state index contributed by atoms with van der Waals surface area (Å²) in [7, 11) is 0. The van der Waals surface area contributed by atoms with Gasteiger partial charge < -0.3 is 17.2 Å². The van der Waals surface area contributed by atoms with Crippen molar-refractivity contribution in [2.24, 2.45) is 23.7 Å². The number of hydrogen-bond donors (Lipinski definition) is 0. The fourth-order valence-electron chi connectivity index (χ4n) is 3.79. The molecule has 0 aromatic heterocycles. The van der Waals surface area contributed by atoms with Crippen molar-refractivity contribution in [3.05, 3.63) is 0 Å². The molecule has 2 saturated carbocycles. The number of aldehydes is 2. The number of hydrogen-bond acceptors (Lipinski definition) is 4. The molecule has 2 aliphatic carbocycles. The molecule has 22 heavy (non-hydrogen) atoms. The average Bonchev–Trinajstić information content (AvgIpc) is 2.55. The zero-order chi connectivity index (χ0) is 15.9. The summed E-state index contributed by atoms with van der Waals surface area (Å²) in [4.78, 5) is 22.4. The summed E-state index contributed by atoms with van der Waals surface area (Å²) in [5.41, 5.74) is 0. The first-order valence-corrected chi connectivity index (χ1v) is 9.65. The Balaban J connectivity index is 1.77. The molecular weight excluding hydrogens is 295 g/mol. The van der Waals surface area contributed by atoms with Gasteiger partial charge in [-0.3, -0.25) is 0 Å². The van der Waals surface area contributed by atoms with Gasteiger partial charge in [0.05, 0.1) is 0 Å². The van der Waals surface area contributed by atoms with Gasteiger partial charge >= 0.3 is 15.9 Å². The maximum Gasteiger partial charge on any atom is 0.668 e. The largest absolute Gasteiger partial charge is 0.668 e. The first-order valence-electron chi connectivity index (χ1n) is 8.71. The summed E-state index contributed by atoms with van der Waals surface area (Å²) < 4.78 is 11.8. The third-order valence-corrected chi connectivity index (χ3v) is 6.36. The Morgan fingerprint density at radius 2 is 1.68 bits per heavy atom. The molecule has 0 aromatic rings. The molecule has 2 fully saturated rings. The van der Waals surface area contributed by atoms with E-state index >= 15 is 0 Å². The van der Waals surface area contributed by atoms with E-state index in [0.29, 0.717) is 11.8 Å². The second-order valence-electron chi connectivity index (χ2n) is 7.05. The van der Waals surface area contributed by atoms with Gasteiger partial charge in [-0.25, -0.2) is 0 Å². The van der Waals surface area contributed by atoms with Crippen molar-refractivity contribution in [3.63, 3.8) is 0 Å². The van der Waals surface area contributed by atoms with Crippen molar-refractivity contribution in [2.45, 2.75) is 71.0 Å². The molecule has 2 aliphatic rings. The SMILES string of the molecule is CCC1CCC([O][Al][O]C2CC(C)CCC2C=O)C(C=O)C1. The van der Waals surface area contributed by atoms with E-state index in [0.717, 1.165) is 57.5 Å². The quantitative estimate of drug-likeness (QED) is 0.534. The molecule has 0 aliphatic heterocycles. The molecule has 123 valence electrons. The van der Waals surface area contributed by atoms with Gasteiger partial charge in [0.25, 0.3) is 0 Å². The van der Waals surface area contributed by atoms with Crippen LogP contribution in [0.25, 0.3) is 0 Å². The fourth-order valence-corrected chi connectivity index (χ4v) is 4.79. The van der Waals surface area contributed by atoms with Crippen molar-refractivity contribution in [1.29, 1.82) is 0 Å². The normalized spacial score (nSPS) is 39.2. The zero-order valence-corrected chi connectivity index (χ0v) is 14.9. The van der Waals surface area contributed by atoms with Crippen molar-refractivity contribution >= 4 is 28.5 Å². The molecule has 0 saturated heterocycles. The second-order valence-corrected chi connectivity index (χ2v) is 7.79. The number of carbonyl (C=O) groups is 2. The van der Waals surface area contributed by atoms with Crippen LogP contribution in [0, 0.1) is 23.7 Å². The Bertz CT molecular complexity index is 363. The molecule has 5 heteroatoms. The molecular formula is C17H28AlO4. The highest BCUT2D eigenvalue weighted by atomic mass is 27.2. The predicted octanol–water partition coefficient (Wildman–Crippen LogP) is 2.95. The Labute approximate surface area is 140 Å². The maximum atomic E-state index is 11.3. The van der Waals surface area contributed by atoms with Gasteiger partial charge in [-0.15, -0.1) is 0 Å². The van der Waals surface area contributed by atoms with E-state index in [-0.39, 0.29) is 24.0 Å². The molecule has 6 atom stereocenters. The van der Waals surface area contributed by atoms with Crippen LogP contribution < -0.4 is 0 Å². The second kappa shape index (κ2) is 9.18. The van der Waals surface area contributed by atoms with Crippen LogP contribution in [0.5, 0.6) is 0 Å². The molecule has 1 radical (unpaired) electrons. The first-order chi connectivity index (χ1) is 10.7. The lowest BCUT2D eigenvalue weighted by atomic mass is 9.79. The zero-order valence-electron chi connectivity index (χ0n) is 13.8. The summed E-state index contributed by atoms with van der Waals surface area (Å²) in [6.45, 7) is 4.40. The van der Waals surface area contributed by atoms with Gasteiger partial charge in [-0.1, -0.05) is 20.3 Å². The molecule has 4 nitrogen and oxygen atoms in total. The molecule has 0 bridgehead atoms. The lowest BCUT2D eigenvalue weighted by Crippen LogP contribution is -2.37. The van der Waals surface area contributed by atoms with Gasteiger partial charge in [0.1, 0.15) is 12.6 Å². The Kier molecular flexibility index (Phi) is 7.56. The van der Waals surface area contributed by atoms with Crippen molar-refractivity contribution < 1.29 is 17.2 Å². The Morgan fingerprint density at radius 1 is 0.955 bits per heavy atom. The van der Waals surface area contributed by atoms with Crippen LogP contribution in [0.1, 0.15) is 58.8 Å². The van der Waals surface area contributed by atoms with E-state index in [1.807, 2.05) is 0 Å². The van der Waals surface area contributed by atoms with E-state index < -0.39 is 15.9 Å². The molecule has 0 amide bonds. The fraction of sp³-hybridized carbons (Fsp3) is 0.882. The van der Waals surface area contributed by atoms with Crippen LogP contribution in [-0.2, 0) is 17.2 Å². The number of rotatable bonds is 7. The molecule has 0 aromatic carbocycles. The summed E-state index contributed by atoms with van der Waals surface area (Å²) in [5.74, 6) is 1.31. The Morgan fingerprint density at radius 3 is 2.36 bits per heavy atom. The van der Waals surface area contributed by atoms with Crippen molar-refractivity contribution in [1.82, 2.24) is 0 Å².